The largest absolute Gasteiger partial charge is 0.416 e. The SMILES string of the molecule is CCN(c1ccncc1)c1cccc(C(F)(F)F)c1. The zero-order valence-electron chi connectivity index (χ0n) is 10.4. The number of benzene rings is 1. The lowest BCUT2D eigenvalue weighted by atomic mass is 10.1. The maximum absolute atomic E-state index is 12.7. The first-order valence-electron chi connectivity index (χ1n) is 5.87. The summed E-state index contributed by atoms with van der Waals surface area (Å²) >= 11 is 0. The average Bonchev–Trinajstić information content (AvgIpc) is 2.40. The van der Waals surface area contributed by atoms with Crippen molar-refractivity contribution in [3.63, 3.8) is 0 Å². The van der Waals surface area contributed by atoms with E-state index in [0.717, 1.165) is 17.8 Å². The molecule has 0 aliphatic rings. The summed E-state index contributed by atoms with van der Waals surface area (Å²) in [6.45, 7) is 2.46. The van der Waals surface area contributed by atoms with Gasteiger partial charge in [0, 0.05) is 30.3 Å². The molecule has 0 N–H and O–H groups in total. The summed E-state index contributed by atoms with van der Waals surface area (Å²) in [7, 11) is 0. The molecule has 1 heterocycles. The molecule has 0 bridgehead atoms. The lowest BCUT2D eigenvalue weighted by Gasteiger charge is -2.24. The van der Waals surface area contributed by atoms with E-state index in [9.17, 15) is 13.2 Å². The third kappa shape index (κ3) is 3.05. The number of anilines is 2. The fourth-order valence-electron chi connectivity index (χ4n) is 1.89. The van der Waals surface area contributed by atoms with Crippen molar-refractivity contribution in [3.05, 3.63) is 54.4 Å². The molecule has 1 aromatic carbocycles. The van der Waals surface area contributed by atoms with E-state index in [1.54, 1.807) is 35.5 Å². The van der Waals surface area contributed by atoms with Crippen molar-refractivity contribution in [2.24, 2.45) is 0 Å². The highest BCUT2D eigenvalue weighted by Gasteiger charge is 2.30. The van der Waals surface area contributed by atoms with Crippen LogP contribution in [0.4, 0.5) is 24.5 Å². The Balaban J connectivity index is 2.40. The number of aromatic nitrogens is 1. The number of alkyl halides is 3. The Bertz CT molecular complexity index is 538. The highest BCUT2D eigenvalue weighted by atomic mass is 19.4. The molecule has 100 valence electrons. The predicted octanol–water partition coefficient (Wildman–Crippen LogP) is 4.26. The molecule has 0 aliphatic heterocycles. The van der Waals surface area contributed by atoms with E-state index in [4.69, 9.17) is 0 Å². The van der Waals surface area contributed by atoms with Gasteiger partial charge in [-0.3, -0.25) is 4.98 Å². The Morgan fingerprint density at radius 1 is 1.05 bits per heavy atom. The van der Waals surface area contributed by atoms with Gasteiger partial charge < -0.3 is 4.90 Å². The van der Waals surface area contributed by atoms with Crippen LogP contribution in [0.5, 0.6) is 0 Å². The van der Waals surface area contributed by atoms with Crippen LogP contribution in [-0.4, -0.2) is 11.5 Å². The minimum Gasteiger partial charge on any atom is -0.342 e. The molecular weight excluding hydrogens is 253 g/mol. The van der Waals surface area contributed by atoms with Crippen LogP contribution in [0.25, 0.3) is 0 Å². The second-order valence-corrected chi connectivity index (χ2v) is 4.00. The topological polar surface area (TPSA) is 16.1 Å². The van der Waals surface area contributed by atoms with Crippen LogP contribution >= 0.6 is 0 Å². The number of pyridine rings is 1. The fraction of sp³-hybridized carbons (Fsp3) is 0.214. The summed E-state index contributed by atoms with van der Waals surface area (Å²) in [5.41, 5.74) is 0.692. The first-order chi connectivity index (χ1) is 9.02. The van der Waals surface area contributed by atoms with Crippen molar-refractivity contribution < 1.29 is 13.2 Å². The van der Waals surface area contributed by atoms with Crippen molar-refractivity contribution in [1.29, 1.82) is 0 Å². The summed E-state index contributed by atoms with van der Waals surface area (Å²) in [5.74, 6) is 0. The zero-order chi connectivity index (χ0) is 13.9. The van der Waals surface area contributed by atoms with Crippen LogP contribution in [0.15, 0.2) is 48.8 Å². The van der Waals surface area contributed by atoms with Gasteiger partial charge >= 0.3 is 6.18 Å². The van der Waals surface area contributed by atoms with Crippen LogP contribution in [0.1, 0.15) is 12.5 Å². The van der Waals surface area contributed by atoms with Gasteiger partial charge in [-0.15, -0.1) is 0 Å². The smallest absolute Gasteiger partial charge is 0.342 e. The van der Waals surface area contributed by atoms with E-state index in [2.05, 4.69) is 4.98 Å². The van der Waals surface area contributed by atoms with Crippen LogP contribution in [0.3, 0.4) is 0 Å². The summed E-state index contributed by atoms with van der Waals surface area (Å²) in [6.07, 6.45) is -1.09. The second kappa shape index (κ2) is 5.30. The molecule has 0 aliphatic carbocycles. The fourth-order valence-corrected chi connectivity index (χ4v) is 1.89. The molecule has 0 spiro atoms. The first kappa shape index (κ1) is 13.4. The maximum atomic E-state index is 12.7. The Morgan fingerprint density at radius 3 is 2.32 bits per heavy atom. The normalized spacial score (nSPS) is 11.4. The van der Waals surface area contributed by atoms with Crippen molar-refractivity contribution in [2.75, 3.05) is 11.4 Å². The molecular formula is C14H13F3N2. The van der Waals surface area contributed by atoms with E-state index < -0.39 is 11.7 Å². The summed E-state index contributed by atoms with van der Waals surface area (Å²) in [4.78, 5) is 5.71. The number of rotatable bonds is 3. The van der Waals surface area contributed by atoms with Gasteiger partial charge in [0.15, 0.2) is 0 Å². The third-order valence-electron chi connectivity index (χ3n) is 2.78. The van der Waals surface area contributed by atoms with E-state index >= 15 is 0 Å². The van der Waals surface area contributed by atoms with Gasteiger partial charge in [0.05, 0.1) is 5.56 Å². The number of halogens is 3. The van der Waals surface area contributed by atoms with Gasteiger partial charge in [-0.2, -0.15) is 13.2 Å². The lowest BCUT2D eigenvalue weighted by molar-refractivity contribution is -0.137. The standard InChI is InChI=1S/C14H13F3N2/c1-2-19(12-6-8-18-9-7-12)13-5-3-4-11(10-13)14(15,16)17/h3-10H,2H2,1H3. The summed E-state index contributed by atoms with van der Waals surface area (Å²) in [5, 5.41) is 0. The molecule has 1 aromatic heterocycles. The lowest BCUT2D eigenvalue weighted by Crippen LogP contribution is -2.17. The molecule has 5 heteroatoms. The Hall–Kier alpha value is -2.04. The highest BCUT2D eigenvalue weighted by Crippen LogP contribution is 2.33. The van der Waals surface area contributed by atoms with Crippen LogP contribution in [-0.2, 0) is 6.18 Å². The molecule has 0 amide bonds. The number of hydrogen-bond donors (Lipinski definition) is 0. The van der Waals surface area contributed by atoms with E-state index in [0.29, 0.717) is 12.2 Å². The van der Waals surface area contributed by atoms with E-state index in [1.807, 2.05) is 6.92 Å². The molecule has 0 unspecified atom stereocenters. The zero-order valence-corrected chi connectivity index (χ0v) is 10.4. The van der Waals surface area contributed by atoms with Gasteiger partial charge in [-0.05, 0) is 37.3 Å². The molecule has 0 radical (unpaired) electrons. The monoisotopic (exact) mass is 266 g/mol. The molecule has 2 nitrogen and oxygen atoms in total. The Morgan fingerprint density at radius 2 is 1.74 bits per heavy atom. The third-order valence-corrected chi connectivity index (χ3v) is 2.78. The maximum Gasteiger partial charge on any atom is 0.416 e. The first-order valence-corrected chi connectivity index (χ1v) is 5.87. The van der Waals surface area contributed by atoms with Gasteiger partial charge in [0.1, 0.15) is 0 Å². The quantitative estimate of drug-likeness (QED) is 0.825. The van der Waals surface area contributed by atoms with E-state index in [1.165, 1.54) is 6.07 Å². The number of nitrogens with zero attached hydrogens (tertiary/aromatic N) is 2. The molecule has 2 rings (SSSR count). The number of hydrogen-bond acceptors (Lipinski definition) is 2. The highest BCUT2D eigenvalue weighted by molar-refractivity contribution is 5.63. The second-order valence-electron chi connectivity index (χ2n) is 4.00. The Kier molecular flexibility index (Phi) is 3.74. The molecule has 0 atom stereocenters. The summed E-state index contributed by atoms with van der Waals surface area (Å²) < 4.78 is 38.1. The minimum absolute atomic E-state index is 0.517. The van der Waals surface area contributed by atoms with Crippen LogP contribution in [0.2, 0.25) is 0 Å². The molecule has 19 heavy (non-hydrogen) atoms. The average molecular weight is 266 g/mol. The van der Waals surface area contributed by atoms with Gasteiger partial charge in [0.25, 0.3) is 0 Å². The molecule has 2 aromatic rings. The van der Waals surface area contributed by atoms with Crippen molar-refractivity contribution in [3.8, 4) is 0 Å². The van der Waals surface area contributed by atoms with Crippen molar-refractivity contribution in [2.45, 2.75) is 13.1 Å². The molecule has 0 saturated heterocycles. The molecule has 0 fully saturated rings. The summed E-state index contributed by atoms with van der Waals surface area (Å²) in [6, 6.07) is 8.85. The molecule has 0 saturated carbocycles. The minimum atomic E-state index is -4.33. The van der Waals surface area contributed by atoms with Gasteiger partial charge in [0.2, 0.25) is 0 Å². The Labute approximate surface area is 109 Å². The van der Waals surface area contributed by atoms with Crippen molar-refractivity contribution in [1.82, 2.24) is 4.98 Å². The van der Waals surface area contributed by atoms with Crippen molar-refractivity contribution >= 4 is 11.4 Å². The predicted molar refractivity (Wildman–Crippen MR) is 68.4 cm³/mol. The van der Waals surface area contributed by atoms with Crippen LogP contribution < -0.4 is 4.90 Å². The van der Waals surface area contributed by atoms with Gasteiger partial charge in [-0.1, -0.05) is 6.07 Å². The van der Waals surface area contributed by atoms with Gasteiger partial charge in [-0.25, -0.2) is 0 Å². The van der Waals surface area contributed by atoms with Crippen LogP contribution in [0, 0.1) is 0 Å². The van der Waals surface area contributed by atoms with E-state index in [-0.39, 0.29) is 0 Å².